The molecular formula is C9H6ClN3O2S. The molecule has 3 N–H and O–H groups in total. The van der Waals surface area contributed by atoms with Gasteiger partial charge < -0.3 is 10.7 Å². The molecule has 7 heteroatoms. The van der Waals surface area contributed by atoms with Gasteiger partial charge in [-0.05, 0) is 6.07 Å². The van der Waals surface area contributed by atoms with Crippen LogP contribution in [0.25, 0.3) is 10.7 Å². The van der Waals surface area contributed by atoms with E-state index in [9.17, 15) is 9.59 Å². The number of nitrogens with two attached hydrogens (primary N) is 1. The zero-order valence-corrected chi connectivity index (χ0v) is 9.43. The number of aromatic nitrogens is 2. The molecule has 0 radical (unpaired) electrons. The van der Waals surface area contributed by atoms with Crippen molar-refractivity contribution in [2.45, 2.75) is 0 Å². The van der Waals surface area contributed by atoms with E-state index in [1.807, 2.05) is 0 Å². The van der Waals surface area contributed by atoms with Gasteiger partial charge in [-0.25, -0.2) is 4.98 Å². The van der Waals surface area contributed by atoms with Gasteiger partial charge in [-0.2, -0.15) is 0 Å². The van der Waals surface area contributed by atoms with Crippen molar-refractivity contribution < 1.29 is 4.79 Å². The van der Waals surface area contributed by atoms with Gasteiger partial charge in [0.15, 0.2) is 0 Å². The molecule has 0 aromatic carbocycles. The minimum Gasteiger partial charge on any atom is -0.366 e. The number of nitrogens with one attached hydrogen (secondary N) is 1. The second-order valence-electron chi connectivity index (χ2n) is 2.95. The smallest absolute Gasteiger partial charge is 0.250 e. The summed E-state index contributed by atoms with van der Waals surface area (Å²) in [7, 11) is 0. The average Bonchev–Trinajstić information content (AvgIpc) is 2.64. The van der Waals surface area contributed by atoms with Crippen molar-refractivity contribution in [1.29, 1.82) is 0 Å². The van der Waals surface area contributed by atoms with E-state index in [0.29, 0.717) is 15.0 Å². The molecule has 0 atom stereocenters. The van der Waals surface area contributed by atoms with Crippen LogP contribution in [0.4, 0.5) is 0 Å². The van der Waals surface area contributed by atoms with Gasteiger partial charge in [0, 0.05) is 6.07 Å². The lowest BCUT2D eigenvalue weighted by atomic mass is 10.2. The summed E-state index contributed by atoms with van der Waals surface area (Å²) in [6.07, 6.45) is 1.44. The number of H-pyrrole nitrogens is 1. The number of hydrogen-bond donors (Lipinski definition) is 2. The van der Waals surface area contributed by atoms with Gasteiger partial charge in [-0.3, -0.25) is 9.59 Å². The summed E-state index contributed by atoms with van der Waals surface area (Å²) in [5.74, 6) is -0.627. The van der Waals surface area contributed by atoms with Crippen molar-refractivity contribution in [2.24, 2.45) is 5.73 Å². The van der Waals surface area contributed by atoms with E-state index in [-0.39, 0.29) is 11.1 Å². The Kier molecular flexibility index (Phi) is 2.76. The third-order valence-electron chi connectivity index (χ3n) is 1.88. The van der Waals surface area contributed by atoms with Crippen LogP contribution < -0.4 is 11.3 Å². The Morgan fingerprint density at radius 2 is 2.25 bits per heavy atom. The van der Waals surface area contributed by atoms with Crippen LogP contribution in [0.2, 0.25) is 4.34 Å². The number of amides is 1. The summed E-state index contributed by atoms with van der Waals surface area (Å²) in [5, 5.41) is 0.455. The molecule has 0 aliphatic rings. The number of hydrogen-bond acceptors (Lipinski definition) is 4. The van der Waals surface area contributed by atoms with Crippen molar-refractivity contribution in [3.63, 3.8) is 0 Å². The number of carbonyl (C=O) groups is 1. The SMILES string of the molecule is NC(=O)c1ccc(=O)[nH]c1-c1ncc(Cl)s1. The van der Waals surface area contributed by atoms with Crippen LogP contribution in [-0.2, 0) is 0 Å². The fourth-order valence-corrected chi connectivity index (χ4v) is 2.15. The molecule has 5 nitrogen and oxygen atoms in total. The van der Waals surface area contributed by atoms with Gasteiger partial charge in [0.05, 0.1) is 17.5 Å². The first-order valence-electron chi connectivity index (χ1n) is 4.23. The highest BCUT2D eigenvalue weighted by Gasteiger charge is 2.13. The normalized spacial score (nSPS) is 10.3. The summed E-state index contributed by atoms with van der Waals surface area (Å²) < 4.78 is 0.468. The molecule has 0 bridgehead atoms. The van der Waals surface area contributed by atoms with Crippen LogP contribution >= 0.6 is 22.9 Å². The van der Waals surface area contributed by atoms with Crippen molar-refractivity contribution in [3.05, 3.63) is 38.6 Å². The predicted molar refractivity (Wildman–Crippen MR) is 61.7 cm³/mol. The number of primary amides is 1. The number of thiazole rings is 1. The molecule has 0 aliphatic heterocycles. The predicted octanol–water partition coefficient (Wildman–Crippen LogP) is 1.25. The van der Waals surface area contributed by atoms with Crippen LogP contribution in [0.15, 0.2) is 23.1 Å². The summed E-state index contributed by atoms with van der Waals surface area (Å²) in [6, 6.07) is 2.60. The van der Waals surface area contributed by atoms with E-state index in [0.717, 1.165) is 11.3 Å². The molecule has 0 spiro atoms. The number of rotatable bonds is 2. The average molecular weight is 256 g/mol. The Hall–Kier alpha value is -1.66. The Labute approximate surface area is 98.9 Å². The Morgan fingerprint density at radius 1 is 1.50 bits per heavy atom. The third kappa shape index (κ3) is 1.98. The highest BCUT2D eigenvalue weighted by Crippen LogP contribution is 2.28. The topological polar surface area (TPSA) is 88.8 Å². The molecule has 0 saturated heterocycles. The first-order valence-corrected chi connectivity index (χ1v) is 5.42. The maximum absolute atomic E-state index is 11.2. The fraction of sp³-hybridized carbons (Fsp3) is 0. The van der Waals surface area contributed by atoms with Crippen LogP contribution in [0.1, 0.15) is 10.4 Å². The zero-order valence-electron chi connectivity index (χ0n) is 7.86. The van der Waals surface area contributed by atoms with Gasteiger partial charge in [0.25, 0.3) is 5.91 Å². The number of aromatic amines is 1. The molecule has 2 rings (SSSR count). The van der Waals surface area contributed by atoms with Crippen LogP contribution in [0.5, 0.6) is 0 Å². The van der Waals surface area contributed by atoms with Gasteiger partial charge in [0.1, 0.15) is 9.34 Å². The lowest BCUT2D eigenvalue weighted by Crippen LogP contribution is -2.16. The van der Waals surface area contributed by atoms with Gasteiger partial charge in [-0.1, -0.05) is 11.6 Å². The summed E-state index contributed by atoms with van der Waals surface area (Å²) >= 11 is 6.89. The first-order chi connectivity index (χ1) is 7.58. The lowest BCUT2D eigenvalue weighted by Gasteiger charge is -2.01. The number of carbonyl (C=O) groups excluding carboxylic acids is 1. The maximum Gasteiger partial charge on any atom is 0.250 e. The van der Waals surface area contributed by atoms with E-state index in [4.69, 9.17) is 17.3 Å². The minimum atomic E-state index is -0.627. The Balaban J connectivity index is 2.67. The maximum atomic E-state index is 11.2. The molecule has 82 valence electrons. The van der Waals surface area contributed by atoms with E-state index < -0.39 is 5.91 Å². The number of halogens is 1. The van der Waals surface area contributed by atoms with Crippen molar-refractivity contribution in [1.82, 2.24) is 9.97 Å². The molecule has 2 heterocycles. The summed E-state index contributed by atoms with van der Waals surface area (Å²) in [6.45, 7) is 0. The van der Waals surface area contributed by atoms with E-state index in [1.165, 1.54) is 18.3 Å². The molecule has 0 fully saturated rings. The molecule has 2 aromatic heterocycles. The first kappa shape index (κ1) is 10.8. The third-order valence-corrected chi connectivity index (χ3v) is 3.01. The largest absolute Gasteiger partial charge is 0.366 e. The number of nitrogens with zero attached hydrogens (tertiary/aromatic N) is 1. The molecule has 1 amide bonds. The highest BCUT2D eigenvalue weighted by molar-refractivity contribution is 7.18. The van der Waals surface area contributed by atoms with Gasteiger partial charge in [0.2, 0.25) is 5.56 Å². The van der Waals surface area contributed by atoms with Crippen LogP contribution in [-0.4, -0.2) is 15.9 Å². The van der Waals surface area contributed by atoms with Crippen LogP contribution in [0, 0.1) is 0 Å². The van der Waals surface area contributed by atoms with Crippen molar-refractivity contribution in [2.75, 3.05) is 0 Å². The Morgan fingerprint density at radius 3 is 2.81 bits per heavy atom. The van der Waals surface area contributed by atoms with E-state index in [2.05, 4.69) is 9.97 Å². The molecule has 16 heavy (non-hydrogen) atoms. The quantitative estimate of drug-likeness (QED) is 0.846. The molecular weight excluding hydrogens is 250 g/mol. The summed E-state index contributed by atoms with van der Waals surface area (Å²) in [4.78, 5) is 28.8. The molecule has 0 aliphatic carbocycles. The van der Waals surface area contributed by atoms with Crippen molar-refractivity contribution in [3.8, 4) is 10.7 Å². The van der Waals surface area contributed by atoms with E-state index >= 15 is 0 Å². The fourth-order valence-electron chi connectivity index (χ4n) is 1.22. The molecule has 0 unspecified atom stereocenters. The minimum absolute atomic E-state index is 0.214. The molecule has 2 aromatic rings. The lowest BCUT2D eigenvalue weighted by molar-refractivity contribution is 0.100. The highest BCUT2D eigenvalue weighted by atomic mass is 35.5. The van der Waals surface area contributed by atoms with Crippen molar-refractivity contribution >= 4 is 28.8 Å². The standard InChI is InChI=1S/C9H6ClN3O2S/c10-5-3-12-9(16-5)7-4(8(11)15)1-2-6(14)13-7/h1-3H,(H2,11,15)(H,13,14). The molecule has 0 saturated carbocycles. The number of pyridine rings is 1. The zero-order chi connectivity index (χ0) is 11.7. The van der Waals surface area contributed by atoms with Crippen LogP contribution in [0.3, 0.4) is 0 Å². The monoisotopic (exact) mass is 255 g/mol. The summed E-state index contributed by atoms with van der Waals surface area (Å²) in [5.41, 5.74) is 5.38. The second-order valence-corrected chi connectivity index (χ2v) is 4.61. The van der Waals surface area contributed by atoms with Gasteiger partial charge >= 0.3 is 0 Å². The Bertz CT molecular complexity index is 605. The second kappa shape index (κ2) is 4.07. The van der Waals surface area contributed by atoms with Gasteiger partial charge in [-0.15, -0.1) is 11.3 Å². The van der Waals surface area contributed by atoms with E-state index in [1.54, 1.807) is 0 Å².